The lowest BCUT2D eigenvalue weighted by molar-refractivity contribution is 0.0939. The van der Waals surface area contributed by atoms with Gasteiger partial charge in [0.15, 0.2) is 11.5 Å². The van der Waals surface area contributed by atoms with Crippen LogP contribution < -0.4 is 15.8 Å². The summed E-state index contributed by atoms with van der Waals surface area (Å²) in [5.41, 5.74) is 6.76. The zero-order chi connectivity index (χ0) is 14.7. The Labute approximate surface area is 116 Å². The molecule has 2 rings (SSSR count). The van der Waals surface area contributed by atoms with Crippen molar-refractivity contribution in [3.05, 3.63) is 30.0 Å². The van der Waals surface area contributed by atoms with E-state index < -0.39 is 0 Å². The van der Waals surface area contributed by atoms with E-state index in [4.69, 9.17) is 10.5 Å². The summed E-state index contributed by atoms with van der Waals surface area (Å²) in [7, 11) is 1.59. The average molecular weight is 275 g/mol. The zero-order valence-corrected chi connectivity index (χ0v) is 11.6. The number of hydrogen-bond donors (Lipinski definition) is 2. The van der Waals surface area contributed by atoms with Crippen molar-refractivity contribution in [3.8, 4) is 11.4 Å². The first kappa shape index (κ1) is 13.9. The molecule has 0 aliphatic carbocycles. The Kier molecular flexibility index (Phi) is 3.88. The lowest BCUT2D eigenvalue weighted by Gasteiger charge is -2.07. The van der Waals surface area contributed by atoms with Gasteiger partial charge < -0.3 is 15.8 Å². The molecule has 0 aliphatic rings. The largest absolute Gasteiger partial charge is 0.497 e. The van der Waals surface area contributed by atoms with Crippen LogP contribution in [0.1, 0.15) is 24.3 Å². The number of nitrogens with two attached hydrogens (primary N) is 1. The maximum atomic E-state index is 11.9. The third-order valence-corrected chi connectivity index (χ3v) is 2.66. The van der Waals surface area contributed by atoms with Crippen molar-refractivity contribution < 1.29 is 9.53 Å². The number of nitrogens with one attached hydrogen (secondary N) is 1. The summed E-state index contributed by atoms with van der Waals surface area (Å²) in [6, 6.07) is 7.14. The number of benzene rings is 1. The van der Waals surface area contributed by atoms with E-state index in [2.05, 4.69) is 15.6 Å². The van der Waals surface area contributed by atoms with E-state index in [9.17, 15) is 4.79 Å². The van der Waals surface area contributed by atoms with E-state index in [0.717, 1.165) is 5.75 Å². The van der Waals surface area contributed by atoms with Gasteiger partial charge in [0, 0.05) is 6.04 Å². The van der Waals surface area contributed by atoms with Gasteiger partial charge in [-0.3, -0.25) is 4.79 Å². The first-order chi connectivity index (χ1) is 9.52. The van der Waals surface area contributed by atoms with Crippen molar-refractivity contribution in [3.63, 3.8) is 0 Å². The average Bonchev–Trinajstić information content (AvgIpc) is 2.80. The molecule has 7 heteroatoms. The molecule has 0 unspecified atom stereocenters. The fourth-order valence-electron chi connectivity index (χ4n) is 1.70. The van der Waals surface area contributed by atoms with Crippen molar-refractivity contribution in [2.45, 2.75) is 19.9 Å². The summed E-state index contributed by atoms with van der Waals surface area (Å²) in [4.78, 5) is 11.9. The van der Waals surface area contributed by atoms with Crippen LogP contribution in [-0.4, -0.2) is 34.1 Å². The van der Waals surface area contributed by atoms with E-state index in [1.165, 1.54) is 4.68 Å². The van der Waals surface area contributed by atoms with Gasteiger partial charge >= 0.3 is 0 Å². The number of anilines is 1. The fraction of sp³-hybridized carbons (Fsp3) is 0.308. The highest BCUT2D eigenvalue weighted by Gasteiger charge is 2.18. The number of amides is 1. The maximum absolute atomic E-state index is 11.9. The molecule has 20 heavy (non-hydrogen) atoms. The van der Waals surface area contributed by atoms with Crippen molar-refractivity contribution >= 4 is 11.7 Å². The minimum absolute atomic E-state index is 0.00744. The smallest absolute Gasteiger partial charge is 0.275 e. The van der Waals surface area contributed by atoms with Gasteiger partial charge in [-0.25, -0.2) is 0 Å². The van der Waals surface area contributed by atoms with Crippen molar-refractivity contribution in [1.29, 1.82) is 0 Å². The van der Waals surface area contributed by atoms with Crippen molar-refractivity contribution in [1.82, 2.24) is 20.3 Å². The van der Waals surface area contributed by atoms with Crippen molar-refractivity contribution in [2.75, 3.05) is 12.8 Å². The molecule has 0 aliphatic heterocycles. The number of carbonyl (C=O) groups is 1. The summed E-state index contributed by atoms with van der Waals surface area (Å²) in [5, 5.41) is 10.5. The lowest BCUT2D eigenvalue weighted by Crippen LogP contribution is -2.31. The zero-order valence-electron chi connectivity index (χ0n) is 11.6. The molecule has 3 N–H and O–H groups in total. The summed E-state index contributed by atoms with van der Waals surface area (Å²) in [5.74, 6) is 0.593. The fourth-order valence-corrected chi connectivity index (χ4v) is 1.70. The highest BCUT2D eigenvalue weighted by Crippen LogP contribution is 2.18. The molecule has 0 radical (unpaired) electrons. The Balaban J connectivity index is 2.30. The predicted molar refractivity (Wildman–Crippen MR) is 74.9 cm³/mol. The van der Waals surface area contributed by atoms with Gasteiger partial charge in [0.25, 0.3) is 5.91 Å². The van der Waals surface area contributed by atoms with Crippen LogP contribution in [0.4, 0.5) is 5.82 Å². The molecule has 0 saturated heterocycles. The number of methoxy groups -OCH3 is 1. The van der Waals surface area contributed by atoms with E-state index in [1.807, 2.05) is 13.8 Å². The standard InChI is InChI=1S/C13H17N5O2/c1-8(2)15-13(19)11-12(14)18(17-16-11)9-4-6-10(20-3)7-5-9/h4-8H,14H2,1-3H3,(H,15,19). The second kappa shape index (κ2) is 5.60. The Morgan fingerprint density at radius 1 is 1.35 bits per heavy atom. The normalized spacial score (nSPS) is 10.6. The second-order valence-corrected chi connectivity index (χ2v) is 4.56. The van der Waals surface area contributed by atoms with Crippen LogP contribution in [0, 0.1) is 0 Å². The molecule has 1 amide bonds. The van der Waals surface area contributed by atoms with Gasteiger partial charge in [0.2, 0.25) is 0 Å². The van der Waals surface area contributed by atoms with Gasteiger partial charge in [-0.15, -0.1) is 5.10 Å². The highest BCUT2D eigenvalue weighted by atomic mass is 16.5. The molecule has 1 heterocycles. The molecule has 0 saturated carbocycles. The summed E-state index contributed by atoms with van der Waals surface area (Å²) < 4.78 is 6.49. The number of aromatic nitrogens is 3. The maximum Gasteiger partial charge on any atom is 0.275 e. The van der Waals surface area contributed by atoms with Gasteiger partial charge in [-0.2, -0.15) is 4.68 Å². The van der Waals surface area contributed by atoms with Crippen LogP contribution in [0.15, 0.2) is 24.3 Å². The quantitative estimate of drug-likeness (QED) is 0.867. The van der Waals surface area contributed by atoms with E-state index in [-0.39, 0.29) is 23.5 Å². The number of nitrogens with zero attached hydrogens (tertiary/aromatic N) is 3. The van der Waals surface area contributed by atoms with E-state index in [0.29, 0.717) is 5.69 Å². The molecular formula is C13H17N5O2. The number of ether oxygens (including phenoxy) is 1. The lowest BCUT2D eigenvalue weighted by atomic mass is 10.3. The van der Waals surface area contributed by atoms with Gasteiger partial charge in [0.05, 0.1) is 12.8 Å². The van der Waals surface area contributed by atoms with E-state index >= 15 is 0 Å². The third-order valence-electron chi connectivity index (χ3n) is 2.66. The number of hydrogen-bond acceptors (Lipinski definition) is 5. The molecule has 106 valence electrons. The Morgan fingerprint density at radius 3 is 2.55 bits per heavy atom. The van der Waals surface area contributed by atoms with Gasteiger partial charge in [-0.1, -0.05) is 5.21 Å². The molecule has 0 bridgehead atoms. The first-order valence-electron chi connectivity index (χ1n) is 6.19. The number of nitrogen functional groups attached to an aromatic ring is 1. The Bertz CT molecular complexity index is 604. The highest BCUT2D eigenvalue weighted by molar-refractivity contribution is 5.96. The number of carbonyl (C=O) groups excluding carboxylic acids is 1. The molecule has 2 aromatic rings. The minimum Gasteiger partial charge on any atom is -0.497 e. The Morgan fingerprint density at radius 2 is 2.00 bits per heavy atom. The first-order valence-corrected chi connectivity index (χ1v) is 6.19. The second-order valence-electron chi connectivity index (χ2n) is 4.56. The van der Waals surface area contributed by atoms with Crippen LogP contribution in [0.3, 0.4) is 0 Å². The van der Waals surface area contributed by atoms with Crippen LogP contribution >= 0.6 is 0 Å². The third kappa shape index (κ3) is 2.71. The molecule has 0 spiro atoms. The van der Waals surface area contributed by atoms with Crippen LogP contribution in [0.25, 0.3) is 5.69 Å². The van der Waals surface area contributed by atoms with E-state index in [1.54, 1.807) is 31.4 Å². The molecule has 7 nitrogen and oxygen atoms in total. The van der Waals surface area contributed by atoms with Crippen LogP contribution in [-0.2, 0) is 0 Å². The molecule has 1 aromatic carbocycles. The molecule has 1 aromatic heterocycles. The number of rotatable bonds is 4. The predicted octanol–water partition coefficient (Wildman–Crippen LogP) is 0.996. The summed E-state index contributed by atoms with van der Waals surface area (Å²) >= 11 is 0. The summed E-state index contributed by atoms with van der Waals surface area (Å²) in [6.07, 6.45) is 0. The molecule has 0 atom stereocenters. The minimum atomic E-state index is -0.336. The Hall–Kier alpha value is -2.57. The van der Waals surface area contributed by atoms with Crippen LogP contribution in [0.2, 0.25) is 0 Å². The monoisotopic (exact) mass is 275 g/mol. The van der Waals surface area contributed by atoms with Crippen molar-refractivity contribution in [2.24, 2.45) is 0 Å². The molecule has 0 fully saturated rings. The SMILES string of the molecule is COc1ccc(-n2nnc(C(=O)NC(C)C)c2N)cc1. The van der Waals surface area contributed by atoms with Crippen LogP contribution in [0.5, 0.6) is 5.75 Å². The summed E-state index contributed by atoms with van der Waals surface area (Å²) in [6.45, 7) is 3.73. The topological polar surface area (TPSA) is 95.1 Å². The van der Waals surface area contributed by atoms with Gasteiger partial charge in [-0.05, 0) is 38.1 Å². The molecular weight excluding hydrogens is 258 g/mol. The van der Waals surface area contributed by atoms with Gasteiger partial charge in [0.1, 0.15) is 5.75 Å².